The van der Waals surface area contributed by atoms with Crippen molar-refractivity contribution in [2.24, 2.45) is 5.41 Å². The Morgan fingerprint density at radius 1 is 0.903 bits per heavy atom. The Balaban J connectivity index is 2.43. The van der Waals surface area contributed by atoms with E-state index in [0.717, 1.165) is 32.2 Å². The summed E-state index contributed by atoms with van der Waals surface area (Å²) < 4.78 is 0. The second-order valence-electron chi connectivity index (χ2n) is 10.5. The highest BCUT2D eigenvalue weighted by Gasteiger charge is 2.48. The van der Waals surface area contributed by atoms with Gasteiger partial charge in [-0.25, -0.2) is 0 Å². The number of allylic oxidation sites excluding steroid dienone is 2. The van der Waals surface area contributed by atoms with Crippen LogP contribution in [-0.2, 0) is 4.79 Å². The maximum absolute atomic E-state index is 14.3. The molecule has 0 fully saturated rings. The van der Waals surface area contributed by atoms with Crippen LogP contribution in [0.15, 0.2) is 42.5 Å². The normalized spacial score (nSPS) is 21.6. The van der Waals surface area contributed by atoms with E-state index in [1.165, 1.54) is 5.56 Å². The fraction of sp³-hybridized carbons (Fsp3) is 0.679. The first kappa shape index (κ1) is 25.6. The topological polar surface area (TPSA) is 23.6 Å². The third-order valence-corrected chi connectivity index (χ3v) is 7.03. The van der Waals surface area contributed by atoms with Crippen molar-refractivity contribution in [2.45, 2.75) is 111 Å². The van der Waals surface area contributed by atoms with E-state index in [4.69, 9.17) is 0 Å². The predicted octanol–water partition coefficient (Wildman–Crippen LogP) is 6.65. The molecule has 1 aromatic carbocycles. The van der Waals surface area contributed by atoms with E-state index in [1.807, 2.05) is 0 Å². The molecule has 0 saturated heterocycles. The van der Waals surface area contributed by atoms with Gasteiger partial charge in [0.15, 0.2) is 0 Å². The van der Waals surface area contributed by atoms with Crippen LogP contribution in [0.4, 0.5) is 0 Å². The summed E-state index contributed by atoms with van der Waals surface area (Å²) >= 11 is 0. The Bertz CT molecular complexity index is 691. The Labute approximate surface area is 191 Å². The molecule has 1 aromatic rings. The summed E-state index contributed by atoms with van der Waals surface area (Å²) in [4.78, 5) is 19.0. The van der Waals surface area contributed by atoms with E-state index >= 15 is 0 Å². The van der Waals surface area contributed by atoms with Crippen LogP contribution in [0.1, 0.15) is 92.6 Å². The number of rotatable bonds is 10. The maximum atomic E-state index is 14.3. The molecule has 0 aromatic heterocycles. The monoisotopic (exact) mass is 426 g/mol. The smallest absolute Gasteiger partial charge is 0.230 e. The largest absolute Gasteiger partial charge is 0.337 e. The summed E-state index contributed by atoms with van der Waals surface area (Å²) in [5.41, 5.74) is 0.932. The van der Waals surface area contributed by atoms with Crippen LogP contribution in [0.3, 0.4) is 0 Å². The lowest BCUT2D eigenvalue weighted by atomic mass is 9.62. The minimum absolute atomic E-state index is 0.203. The van der Waals surface area contributed by atoms with Gasteiger partial charge in [-0.05, 0) is 93.2 Å². The first-order valence-electron chi connectivity index (χ1n) is 12.4. The number of hydrogen-bond acceptors (Lipinski definition) is 2. The Kier molecular flexibility index (Phi) is 9.36. The van der Waals surface area contributed by atoms with Gasteiger partial charge in [-0.15, -0.1) is 0 Å². The molecule has 31 heavy (non-hydrogen) atoms. The molecule has 2 rings (SSSR count). The molecule has 3 nitrogen and oxygen atoms in total. The summed E-state index contributed by atoms with van der Waals surface area (Å²) in [6.45, 7) is 18.8. The third-order valence-electron chi connectivity index (χ3n) is 7.03. The van der Waals surface area contributed by atoms with Gasteiger partial charge in [0.05, 0.1) is 5.41 Å². The van der Waals surface area contributed by atoms with Crippen LogP contribution in [-0.4, -0.2) is 46.4 Å². The number of amides is 1. The number of nitrogens with zero attached hydrogens (tertiary/aromatic N) is 2. The maximum Gasteiger partial charge on any atom is 0.230 e. The minimum atomic E-state index is -0.371. The van der Waals surface area contributed by atoms with Crippen LogP contribution in [0.5, 0.6) is 0 Å². The molecule has 0 N–H and O–H groups in total. The summed E-state index contributed by atoms with van der Waals surface area (Å²) in [7, 11) is 0. The van der Waals surface area contributed by atoms with Gasteiger partial charge in [-0.1, -0.05) is 42.5 Å². The Morgan fingerprint density at radius 3 is 2.00 bits per heavy atom. The molecule has 1 aliphatic carbocycles. The molecule has 0 aliphatic heterocycles. The van der Waals surface area contributed by atoms with Crippen molar-refractivity contribution in [2.75, 3.05) is 6.54 Å². The van der Waals surface area contributed by atoms with E-state index in [1.54, 1.807) is 0 Å². The van der Waals surface area contributed by atoms with Crippen LogP contribution in [0.25, 0.3) is 0 Å². The first-order chi connectivity index (χ1) is 14.6. The minimum Gasteiger partial charge on any atom is -0.337 e. The summed E-state index contributed by atoms with van der Waals surface area (Å²) in [6.07, 6.45) is 8.30. The summed E-state index contributed by atoms with van der Waals surface area (Å²) in [5, 5.41) is 0. The van der Waals surface area contributed by atoms with Crippen molar-refractivity contribution in [3.63, 3.8) is 0 Å². The SMILES string of the molecule is CC(C)N(CCCC1(C(=O)N(C(C)C)C(C)C)CC=CCC1c1ccccc1)C(C)C. The number of hydrogen-bond donors (Lipinski definition) is 0. The molecule has 0 spiro atoms. The highest BCUT2D eigenvalue weighted by atomic mass is 16.2. The zero-order valence-corrected chi connectivity index (χ0v) is 21.3. The van der Waals surface area contributed by atoms with E-state index in [-0.39, 0.29) is 23.4 Å². The standard InChI is InChI=1S/C28H46N2O/c1-21(2)29(22(3)4)20-14-19-28(27(31)30(23(5)6)24(7)8)18-13-12-17-26(28)25-15-10-9-11-16-25/h9-13,15-16,21-24,26H,14,17-20H2,1-8H3. The van der Waals surface area contributed by atoms with E-state index < -0.39 is 0 Å². The molecule has 0 radical (unpaired) electrons. The molecular formula is C28H46N2O. The zero-order chi connectivity index (χ0) is 23.2. The lowest BCUT2D eigenvalue weighted by Crippen LogP contribution is -2.53. The molecule has 2 unspecified atom stereocenters. The lowest BCUT2D eigenvalue weighted by Gasteiger charge is -2.47. The third kappa shape index (κ3) is 6.00. The second kappa shape index (κ2) is 11.3. The Hall–Kier alpha value is -1.61. The quantitative estimate of drug-likeness (QED) is 0.391. The van der Waals surface area contributed by atoms with E-state index in [0.29, 0.717) is 18.0 Å². The van der Waals surface area contributed by atoms with Gasteiger partial charge in [0, 0.05) is 30.1 Å². The fourth-order valence-electron chi connectivity index (χ4n) is 5.67. The van der Waals surface area contributed by atoms with Crippen LogP contribution in [0, 0.1) is 5.41 Å². The molecule has 1 aliphatic rings. The van der Waals surface area contributed by atoms with Gasteiger partial charge < -0.3 is 4.90 Å². The van der Waals surface area contributed by atoms with Gasteiger partial charge in [-0.3, -0.25) is 9.69 Å². The van der Waals surface area contributed by atoms with Crippen molar-refractivity contribution in [1.29, 1.82) is 0 Å². The predicted molar refractivity (Wildman–Crippen MR) is 133 cm³/mol. The molecule has 0 heterocycles. The molecule has 1 amide bonds. The molecular weight excluding hydrogens is 380 g/mol. The molecule has 174 valence electrons. The highest BCUT2D eigenvalue weighted by molar-refractivity contribution is 5.85. The van der Waals surface area contributed by atoms with Gasteiger partial charge >= 0.3 is 0 Å². The summed E-state index contributed by atoms with van der Waals surface area (Å²) in [5.74, 6) is 0.578. The van der Waals surface area contributed by atoms with Crippen molar-refractivity contribution in [3.05, 3.63) is 48.0 Å². The van der Waals surface area contributed by atoms with Crippen LogP contribution in [0.2, 0.25) is 0 Å². The first-order valence-corrected chi connectivity index (χ1v) is 12.4. The van der Waals surface area contributed by atoms with Crippen molar-refractivity contribution in [3.8, 4) is 0 Å². The number of carbonyl (C=O) groups excluding carboxylic acids is 1. The van der Waals surface area contributed by atoms with Crippen LogP contribution < -0.4 is 0 Å². The van der Waals surface area contributed by atoms with Crippen molar-refractivity contribution >= 4 is 5.91 Å². The Morgan fingerprint density at radius 2 is 1.48 bits per heavy atom. The van der Waals surface area contributed by atoms with Crippen molar-refractivity contribution in [1.82, 2.24) is 9.80 Å². The molecule has 0 saturated carbocycles. The summed E-state index contributed by atoms with van der Waals surface area (Å²) in [6, 6.07) is 12.2. The lowest BCUT2D eigenvalue weighted by molar-refractivity contribution is -0.148. The van der Waals surface area contributed by atoms with E-state index in [9.17, 15) is 4.79 Å². The number of benzene rings is 1. The van der Waals surface area contributed by atoms with Gasteiger partial charge in [0.1, 0.15) is 0 Å². The molecule has 3 heteroatoms. The van der Waals surface area contributed by atoms with Gasteiger partial charge in [0.25, 0.3) is 0 Å². The molecule has 0 bridgehead atoms. The van der Waals surface area contributed by atoms with Crippen molar-refractivity contribution < 1.29 is 4.79 Å². The van der Waals surface area contributed by atoms with Gasteiger partial charge in [0.2, 0.25) is 5.91 Å². The second-order valence-corrected chi connectivity index (χ2v) is 10.5. The van der Waals surface area contributed by atoms with Crippen LogP contribution >= 0.6 is 0 Å². The molecule has 2 atom stereocenters. The average molecular weight is 427 g/mol. The average Bonchev–Trinajstić information content (AvgIpc) is 2.71. The fourth-order valence-corrected chi connectivity index (χ4v) is 5.67. The number of carbonyl (C=O) groups is 1. The van der Waals surface area contributed by atoms with E-state index in [2.05, 4.69) is 108 Å². The highest BCUT2D eigenvalue weighted by Crippen LogP contribution is 2.50. The zero-order valence-electron chi connectivity index (χ0n) is 21.3. The van der Waals surface area contributed by atoms with Gasteiger partial charge in [-0.2, -0.15) is 0 Å².